The number of hydrogen-bond acceptors (Lipinski definition) is 2. The second-order valence-corrected chi connectivity index (χ2v) is 5.77. The Morgan fingerprint density at radius 1 is 1.37 bits per heavy atom. The molecule has 1 heterocycles. The third-order valence-electron chi connectivity index (χ3n) is 3.20. The first-order chi connectivity index (χ1) is 9.11. The molecular formula is C15H16BrClN2. The Balaban J connectivity index is 2.30. The zero-order valence-corrected chi connectivity index (χ0v) is 13.3. The van der Waals surface area contributed by atoms with Crippen LogP contribution in [0.1, 0.15) is 22.9 Å². The number of aryl methyl sites for hydroxylation is 1. The molecule has 1 aromatic heterocycles. The molecule has 1 aromatic carbocycles. The van der Waals surface area contributed by atoms with E-state index in [9.17, 15) is 0 Å². The van der Waals surface area contributed by atoms with E-state index in [1.807, 2.05) is 37.5 Å². The van der Waals surface area contributed by atoms with Gasteiger partial charge in [0.2, 0.25) is 0 Å². The summed E-state index contributed by atoms with van der Waals surface area (Å²) < 4.78 is 1.06. The average molecular weight is 340 g/mol. The molecule has 0 bridgehead atoms. The van der Waals surface area contributed by atoms with E-state index < -0.39 is 0 Å². The van der Waals surface area contributed by atoms with Crippen LogP contribution in [0.4, 0.5) is 0 Å². The largest absolute Gasteiger partial charge is 0.313 e. The summed E-state index contributed by atoms with van der Waals surface area (Å²) in [6.07, 6.45) is 2.67. The molecule has 1 N–H and O–H groups in total. The topological polar surface area (TPSA) is 24.9 Å². The van der Waals surface area contributed by atoms with Gasteiger partial charge < -0.3 is 5.32 Å². The Bertz CT molecular complexity index is 572. The predicted octanol–water partition coefficient (Wildman–Crippen LogP) is 4.31. The van der Waals surface area contributed by atoms with Crippen LogP contribution in [0.15, 0.2) is 41.0 Å². The zero-order chi connectivity index (χ0) is 13.8. The molecular weight excluding hydrogens is 324 g/mol. The summed E-state index contributed by atoms with van der Waals surface area (Å²) in [6.45, 7) is 2.09. The minimum Gasteiger partial charge on any atom is -0.313 e. The van der Waals surface area contributed by atoms with Crippen molar-refractivity contribution in [3.05, 3.63) is 62.8 Å². The van der Waals surface area contributed by atoms with Gasteiger partial charge in [-0.15, -0.1) is 0 Å². The Kier molecular flexibility index (Phi) is 4.97. The molecule has 0 radical (unpaired) electrons. The van der Waals surface area contributed by atoms with Crippen molar-refractivity contribution < 1.29 is 0 Å². The van der Waals surface area contributed by atoms with Crippen molar-refractivity contribution in [1.82, 2.24) is 10.3 Å². The molecule has 1 atom stereocenters. The monoisotopic (exact) mass is 338 g/mol. The standard InChI is InChI=1S/C15H16BrClN2/c1-10-4-3-7-19-14(10)9-15(18-2)12-8-11(17)5-6-13(12)16/h3-8,15,18H,9H2,1-2H3. The van der Waals surface area contributed by atoms with Gasteiger partial charge in [-0.25, -0.2) is 0 Å². The summed E-state index contributed by atoms with van der Waals surface area (Å²) in [6, 6.07) is 10.1. The Hall–Kier alpha value is -0.900. The van der Waals surface area contributed by atoms with E-state index in [1.165, 1.54) is 5.56 Å². The Labute approximate surface area is 127 Å². The Morgan fingerprint density at radius 3 is 2.84 bits per heavy atom. The summed E-state index contributed by atoms with van der Waals surface area (Å²) in [4.78, 5) is 4.46. The lowest BCUT2D eigenvalue weighted by Crippen LogP contribution is -2.20. The molecule has 2 rings (SSSR count). The first-order valence-corrected chi connectivity index (χ1v) is 7.31. The number of aromatic nitrogens is 1. The lowest BCUT2D eigenvalue weighted by Gasteiger charge is -2.19. The van der Waals surface area contributed by atoms with Crippen LogP contribution < -0.4 is 5.32 Å². The van der Waals surface area contributed by atoms with Crippen LogP contribution in [0.5, 0.6) is 0 Å². The molecule has 2 aromatic rings. The molecule has 0 saturated heterocycles. The van der Waals surface area contributed by atoms with Crippen LogP contribution in [0.25, 0.3) is 0 Å². The van der Waals surface area contributed by atoms with Crippen molar-refractivity contribution in [3.8, 4) is 0 Å². The first-order valence-electron chi connectivity index (χ1n) is 6.14. The molecule has 0 spiro atoms. The number of hydrogen-bond donors (Lipinski definition) is 1. The summed E-state index contributed by atoms with van der Waals surface area (Å²) >= 11 is 9.67. The lowest BCUT2D eigenvalue weighted by molar-refractivity contribution is 0.580. The second-order valence-electron chi connectivity index (χ2n) is 4.48. The van der Waals surface area contributed by atoms with E-state index in [4.69, 9.17) is 11.6 Å². The molecule has 1 unspecified atom stereocenters. The smallest absolute Gasteiger partial charge is 0.0451 e. The van der Waals surface area contributed by atoms with Gasteiger partial charge in [-0.05, 0) is 49.4 Å². The van der Waals surface area contributed by atoms with Crippen molar-refractivity contribution in [2.45, 2.75) is 19.4 Å². The van der Waals surface area contributed by atoms with Gasteiger partial charge in [-0.3, -0.25) is 4.98 Å². The number of rotatable bonds is 4. The quantitative estimate of drug-likeness (QED) is 0.898. The van der Waals surface area contributed by atoms with Crippen LogP contribution in [0, 0.1) is 6.92 Å². The molecule has 19 heavy (non-hydrogen) atoms. The average Bonchev–Trinajstić information content (AvgIpc) is 2.41. The van der Waals surface area contributed by atoms with Crippen molar-refractivity contribution in [1.29, 1.82) is 0 Å². The van der Waals surface area contributed by atoms with Crippen molar-refractivity contribution >= 4 is 27.5 Å². The number of likely N-dealkylation sites (N-methyl/N-ethyl adjacent to an activating group) is 1. The van der Waals surface area contributed by atoms with Gasteiger partial charge in [0.15, 0.2) is 0 Å². The maximum absolute atomic E-state index is 6.09. The number of benzene rings is 1. The molecule has 0 fully saturated rings. The third-order valence-corrected chi connectivity index (χ3v) is 4.15. The van der Waals surface area contributed by atoms with Gasteiger partial charge in [0, 0.05) is 33.8 Å². The fourth-order valence-corrected chi connectivity index (χ4v) is 2.78. The maximum atomic E-state index is 6.09. The maximum Gasteiger partial charge on any atom is 0.0451 e. The fraction of sp³-hybridized carbons (Fsp3) is 0.267. The van der Waals surface area contributed by atoms with Gasteiger partial charge in [-0.2, -0.15) is 0 Å². The van der Waals surface area contributed by atoms with E-state index in [0.29, 0.717) is 0 Å². The molecule has 0 aliphatic carbocycles. The Morgan fingerprint density at radius 2 is 2.16 bits per heavy atom. The van der Waals surface area contributed by atoms with Crippen LogP contribution in [0.2, 0.25) is 5.02 Å². The summed E-state index contributed by atoms with van der Waals surface area (Å²) in [5.74, 6) is 0. The van der Waals surface area contributed by atoms with E-state index in [1.54, 1.807) is 0 Å². The fourth-order valence-electron chi connectivity index (χ4n) is 2.07. The van der Waals surface area contributed by atoms with Gasteiger partial charge in [0.1, 0.15) is 0 Å². The molecule has 0 amide bonds. The minimum absolute atomic E-state index is 0.182. The van der Waals surface area contributed by atoms with Crippen LogP contribution in [-0.4, -0.2) is 12.0 Å². The second kappa shape index (κ2) is 6.51. The highest BCUT2D eigenvalue weighted by atomic mass is 79.9. The summed E-state index contributed by atoms with van der Waals surface area (Å²) in [7, 11) is 1.95. The highest BCUT2D eigenvalue weighted by Crippen LogP contribution is 2.28. The molecule has 100 valence electrons. The number of nitrogens with one attached hydrogen (secondary N) is 1. The number of pyridine rings is 1. The van der Waals surface area contributed by atoms with Gasteiger partial charge in [0.25, 0.3) is 0 Å². The predicted molar refractivity (Wildman–Crippen MR) is 83.6 cm³/mol. The van der Waals surface area contributed by atoms with Gasteiger partial charge >= 0.3 is 0 Å². The van der Waals surface area contributed by atoms with E-state index in [0.717, 1.165) is 27.2 Å². The minimum atomic E-state index is 0.182. The van der Waals surface area contributed by atoms with Gasteiger partial charge in [0.05, 0.1) is 0 Å². The van der Waals surface area contributed by atoms with Crippen LogP contribution >= 0.6 is 27.5 Å². The normalized spacial score (nSPS) is 12.4. The molecule has 4 heteroatoms. The van der Waals surface area contributed by atoms with Crippen molar-refractivity contribution in [2.75, 3.05) is 7.05 Å². The lowest BCUT2D eigenvalue weighted by atomic mass is 10.00. The van der Waals surface area contributed by atoms with E-state index >= 15 is 0 Å². The van der Waals surface area contributed by atoms with E-state index in [-0.39, 0.29) is 6.04 Å². The molecule has 0 saturated carbocycles. The van der Waals surface area contributed by atoms with Crippen molar-refractivity contribution in [3.63, 3.8) is 0 Å². The molecule has 0 aliphatic rings. The van der Waals surface area contributed by atoms with Crippen LogP contribution in [-0.2, 0) is 6.42 Å². The van der Waals surface area contributed by atoms with Gasteiger partial charge in [-0.1, -0.05) is 33.6 Å². The summed E-state index contributed by atoms with van der Waals surface area (Å²) in [5.41, 5.74) is 3.47. The summed E-state index contributed by atoms with van der Waals surface area (Å²) in [5, 5.41) is 4.08. The number of nitrogens with zero attached hydrogens (tertiary/aromatic N) is 1. The third kappa shape index (κ3) is 3.56. The zero-order valence-electron chi connectivity index (χ0n) is 11.0. The highest BCUT2D eigenvalue weighted by Gasteiger charge is 2.15. The molecule has 0 aliphatic heterocycles. The SMILES string of the molecule is CNC(Cc1ncccc1C)c1cc(Cl)ccc1Br. The van der Waals surface area contributed by atoms with Crippen molar-refractivity contribution in [2.24, 2.45) is 0 Å². The van der Waals surface area contributed by atoms with Crippen LogP contribution in [0.3, 0.4) is 0 Å². The highest BCUT2D eigenvalue weighted by molar-refractivity contribution is 9.10. The molecule has 2 nitrogen and oxygen atoms in total. The first kappa shape index (κ1) is 14.5. The number of halogens is 2. The van der Waals surface area contributed by atoms with E-state index in [2.05, 4.69) is 39.2 Å².